The molecule has 1 saturated heterocycles. The summed E-state index contributed by atoms with van der Waals surface area (Å²) in [4.78, 5) is 30.8. The van der Waals surface area contributed by atoms with Crippen molar-refractivity contribution in [1.29, 1.82) is 0 Å². The number of primary amides is 1. The van der Waals surface area contributed by atoms with Crippen molar-refractivity contribution in [2.24, 2.45) is 11.7 Å². The summed E-state index contributed by atoms with van der Waals surface area (Å²) in [7, 11) is 0. The van der Waals surface area contributed by atoms with Crippen molar-refractivity contribution in [1.82, 2.24) is 14.9 Å². The van der Waals surface area contributed by atoms with Crippen LogP contribution in [0, 0.1) is 12.8 Å². The number of nitrogens with zero attached hydrogens (tertiary/aromatic N) is 2. The number of aromatic nitrogens is 2. The Bertz CT molecular complexity index is 1440. The van der Waals surface area contributed by atoms with E-state index in [9.17, 15) is 18.0 Å². The molecular weight excluding hydrogens is 509 g/mol. The van der Waals surface area contributed by atoms with Gasteiger partial charge in [0.2, 0.25) is 5.91 Å². The molecule has 7 nitrogen and oxygen atoms in total. The summed E-state index contributed by atoms with van der Waals surface area (Å²) < 4.78 is 31.7. The highest BCUT2D eigenvalue weighted by atomic mass is 19.4. The number of aryl methyl sites for hydroxylation is 1. The SMILES string of the molecule is Cc1cccc2[nH]c(-c3ccc(-c4ccc(CN5CCC(C(N)=O)CC5)cc4)cc3)nc12.O=C(O)C(F)(F)F. The summed E-state index contributed by atoms with van der Waals surface area (Å²) >= 11 is 0. The zero-order valence-corrected chi connectivity index (χ0v) is 21.3. The van der Waals surface area contributed by atoms with Gasteiger partial charge in [0.25, 0.3) is 0 Å². The van der Waals surface area contributed by atoms with Gasteiger partial charge in [-0.1, -0.05) is 60.7 Å². The number of nitrogens with one attached hydrogen (secondary N) is 1. The summed E-state index contributed by atoms with van der Waals surface area (Å²) in [6, 6.07) is 23.5. The molecular formula is C29H29F3N4O3. The number of carboxylic acids is 1. The number of alkyl halides is 3. The second kappa shape index (κ2) is 11.7. The topological polar surface area (TPSA) is 112 Å². The number of carbonyl (C=O) groups excluding carboxylic acids is 1. The van der Waals surface area contributed by atoms with Gasteiger partial charge in [-0.3, -0.25) is 9.69 Å². The van der Waals surface area contributed by atoms with Crippen LogP contribution in [0.1, 0.15) is 24.0 Å². The molecule has 1 aliphatic heterocycles. The maximum absolute atomic E-state index is 11.3. The number of likely N-dealkylation sites (tertiary alicyclic amines) is 1. The average molecular weight is 539 g/mol. The maximum Gasteiger partial charge on any atom is 0.490 e. The van der Waals surface area contributed by atoms with E-state index in [-0.39, 0.29) is 11.8 Å². The molecule has 39 heavy (non-hydrogen) atoms. The number of carboxylic acid groups (broad SMARTS) is 1. The Balaban J connectivity index is 0.000000448. The van der Waals surface area contributed by atoms with Gasteiger partial charge in [0.05, 0.1) is 11.0 Å². The number of nitrogens with two attached hydrogens (primary N) is 1. The number of para-hydroxylation sites is 1. The maximum atomic E-state index is 11.3. The number of aromatic amines is 1. The van der Waals surface area contributed by atoms with Crippen molar-refractivity contribution in [2.45, 2.75) is 32.5 Å². The number of piperidine rings is 1. The number of benzene rings is 3. The van der Waals surface area contributed by atoms with E-state index >= 15 is 0 Å². The lowest BCUT2D eigenvalue weighted by atomic mass is 9.96. The molecule has 1 aliphatic rings. The summed E-state index contributed by atoms with van der Waals surface area (Å²) in [5.74, 6) is -1.97. The van der Waals surface area contributed by atoms with Crippen LogP contribution in [0.25, 0.3) is 33.5 Å². The van der Waals surface area contributed by atoms with E-state index < -0.39 is 12.1 Å². The van der Waals surface area contributed by atoms with Gasteiger partial charge in [0, 0.05) is 18.0 Å². The molecule has 4 aromatic rings. The second-order valence-corrected chi connectivity index (χ2v) is 9.59. The summed E-state index contributed by atoms with van der Waals surface area (Å²) in [6.45, 7) is 4.86. The highest BCUT2D eigenvalue weighted by Gasteiger charge is 2.38. The van der Waals surface area contributed by atoms with Crippen molar-refractivity contribution in [2.75, 3.05) is 13.1 Å². The fourth-order valence-corrected chi connectivity index (χ4v) is 4.57. The van der Waals surface area contributed by atoms with Gasteiger partial charge in [-0.25, -0.2) is 9.78 Å². The van der Waals surface area contributed by atoms with Gasteiger partial charge in [-0.2, -0.15) is 13.2 Å². The van der Waals surface area contributed by atoms with Crippen LogP contribution < -0.4 is 5.73 Å². The van der Waals surface area contributed by atoms with E-state index in [1.165, 1.54) is 22.3 Å². The fourth-order valence-electron chi connectivity index (χ4n) is 4.57. The number of H-pyrrole nitrogens is 1. The first kappa shape index (κ1) is 27.8. The molecule has 0 bridgehead atoms. The first-order valence-corrected chi connectivity index (χ1v) is 12.5. The van der Waals surface area contributed by atoms with Crippen molar-refractivity contribution >= 4 is 22.9 Å². The number of carbonyl (C=O) groups is 2. The Morgan fingerprint density at radius 3 is 2.03 bits per heavy atom. The number of hydrogen-bond acceptors (Lipinski definition) is 4. The van der Waals surface area contributed by atoms with Crippen molar-refractivity contribution < 1.29 is 27.9 Å². The largest absolute Gasteiger partial charge is 0.490 e. The third kappa shape index (κ3) is 7.02. The number of rotatable bonds is 5. The number of amides is 1. The van der Waals surface area contributed by atoms with Crippen molar-refractivity contribution in [3.05, 3.63) is 77.9 Å². The van der Waals surface area contributed by atoms with Crippen LogP contribution >= 0.6 is 0 Å². The van der Waals surface area contributed by atoms with E-state index in [4.69, 9.17) is 20.6 Å². The van der Waals surface area contributed by atoms with Crippen molar-refractivity contribution in [3.63, 3.8) is 0 Å². The minimum absolute atomic E-state index is 0.0418. The van der Waals surface area contributed by atoms with Gasteiger partial charge < -0.3 is 15.8 Å². The average Bonchev–Trinajstić information content (AvgIpc) is 3.35. The quantitative estimate of drug-likeness (QED) is 0.309. The highest BCUT2D eigenvalue weighted by molar-refractivity contribution is 5.82. The molecule has 3 aromatic carbocycles. The fraction of sp³-hybridized carbons (Fsp3) is 0.276. The van der Waals surface area contributed by atoms with E-state index in [1.54, 1.807) is 0 Å². The number of hydrogen-bond donors (Lipinski definition) is 3. The third-order valence-electron chi connectivity index (χ3n) is 6.80. The van der Waals surface area contributed by atoms with Gasteiger partial charge in [0.1, 0.15) is 5.82 Å². The monoisotopic (exact) mass is 538 g/mol. The minimum atomic E-state index is -5.08. The minimum Gasteiger partial charge on any atom is -0.475 e. The molecule has 5 rings (SSSR count). The Hall–Kier alpha value is -4.18. The standard InChI is InChI=1S/C27H28N4O.C2HF3O2/c1-18-3-2-4-24-25(18)30-27(29-24)23-11-9-21(10-12-23)20-7-5-19(6-8-20)17-31-15-13-22(14-16-31)26(28)32;3-2(4,5)1(6)7/h2-12,22H,13-17H2,1H3,(H2,28,32)(H,29,30);(H,6,7). The smallest absolute Gasteiger partial charge is 0.475 e. The molecule has 4 N–H and O–H groups in total. The Morgan fingerprint density at radius 1 is 0.974 bits per heavy atom. The van der Waals surface area contributed by atoms with Crippen LogP contribution in [0.5, 0.6) is 0 Å². The first-order valence-electron chi connectivity index (χ1n) is 12.5. The number of aliphatic carboxylic acids is 1. The summed E-state index contributed by atoms with van der Waals surface area (Å²) in [6.07, 6.45) is -3.35. The first-order chi connectivity index (χ1) is 18.5. The summed E-state index contributed by atoms with van der Waals surface area (Å²) in [5.41, 5.74) is 13.5. The van der Waals surface area contributed by atoms with E-state index in [2.05, 4.69) is 83.5 Å². The van der Waals surface area contributed by atoms with E-state index in [0.717, 1.165) is 54.9 Å². The molecule has 1 aromatic heterocycles. The normalized spacial score (nSPS) is 14.6. The third-order valence-corrected chi connectivity index (χ3v) is 6.80. The van der Waals surface area contributed by atoms with E-state index in [0.29, 0.717) is 0 Å². The van der Waals surface area contributed by atoms with Crippen molar-refractivity contribution in [3.8, 4) is 22.5 Å². The number of imidazole rings is 1. The Kier molecular flexibility index (Phi) is 8.35. The molecule has 10 heteroatoms. The molecule has 0 aliphatic carbocycles. The number of fused-ring (bicyclic) bond motifs is 1. The Labute approximate surface area is 223 Å². The zero-order valence-electron chi connectivity index (χ0n) is 21.3. The Morgan fingerprint density at radius 2 is 1.51 bits per heavy atom. The molecule has 204 valence electrons. The van der Waals surface area contributed by atoms with Crippen LogP contribution in [0.2, 0.25) is 0 Å². The highest BCUT2D eigenvalue weighted by Crippen LogP contribution is 2.27. The second-order valence-electron chi connectivity index (χ2n) is 9.59. The predicted octanol–water partition coefficient (Wildman–Crippen LogP) is 5.54. The van der Waals surface area contributed by atoms with Crippen LogP contribution in [-0.4, -0.2) is 51.1 Å². The molecule has 0 atom stereocenters. The number of halogens is 3. The van der Waals surface area contributed by atoms with Gasteiger partial charge >= 0.3 is 12.1 Å². The van der Waals surface area contributed by atoms with Gasteiger partial charge in [-0.15, -0.1) is 0 Å². The van der Waals surface area contributed by atoms with Crippen LogP contribution in [0.4, 0.5) is 13.2 Å². The van der Waals surface area contributed by atoms with E-state index in [1.807, 2.05) is 0 Å². The van der Waals surface area contributed by atoms with Gasteiger partial charge in [-0.05, 0) is 61.2 Å². The van der Waals surface area contributed by atoms with Crippen LogP contribution in [0.3, 0.4) is 0 Å². The molecule has 2 heterocycles. The van der Waals surface area contributed by atoms with Gasteiger partial charge in [0.15, 0.2) is 0 Å². The molecule has 1 fully saturated rings. The lowest BCUT2D eigenvalue weighted by Gasteiger charge is -2.30. The zero-order chi connectivity index (χ0) is 28.2. The lowest BCUT2D eigenvalue weighted by Crippen LogP contribution is -2.38. The molecule has 0 radical (unpaired) electrons. The molecule has 1 amide bonds. The molecule has 0 unspecified atom stereocenters. The molecule has 0 spiro atoms. The van der Waals surface area contributed by atoms with Crippen LogP contribution in [-0.2, 0) is 16.1 Å². The lowest BCUT2D eigenvalue weighted by molar-refractivity contribution is -0.192. The predicted molar refractivity (Wildman–Crippen MR) is 143 cm³/mol. The molecule has 0 saturated carbocycles. The summed E-state index contributed by atoms with van der Waals surface area (Å²) in [5, 5.41) is 7.12. The van der Waals surface area contributed by atoms with Crippen LogP contribution in [0.15, 0.2) is 66.7 Å².